The van der Waals surface area contributed by atoms with Crippen molar-refractivity contribution in [3.8, 4) is 17.2 Å². The molecule has 0 unspecified atom stereocenters. The summed E-state index contributed by atoms with van der Waals surface area (Å²) in [6.07, 6.45) is 14.4. The number of esters is 3. The minimum Gasteiger partial charge on any atom is -0.466 e. The van der Waals surface area contributed by atoms with Crippen LogP contribution in [0.2, 0.25) is 0 Å². The first-order valence-corrected chi connectivity index (χ1v) is 17.8. The van der Waals surface area contributed by atoms with Crippen LogP contribution in [0.15, 0.2) is 106 Å². The summed E-state index contributed by atoms with van der Waals surface area (Å²) in [4.78, 5) is 79.8. The smallest absolute Gasteiger partial charge is 0.374 e. The van der Waals surface area contributed by atoms with Crippen LogP contribution in [0.3, 0.4) is 0 Å². The largest absolute Gasteiger partial charge is 0.466 e. The van der Waals surface area contributed by atoms with Gasteiger partial charge in [0.25, 0.3) is 0 Å². The number of ether oxygens (including phenoxy) is 3. The van der Waals surface area contributed by atoms with Gasteiger partial charge in [0.2, 0.25) is 0 Å². The third-order valence-corrected chi connectivity index (χ3v) is 6.13. The van der Waals surface area contributed by atoms with Gasteiger partial charge in [-0.25, -0.2) is 33.8 Å². The average molecular weight is 848 g/mol. The molecule has 0 amide bonds. The van der Waals surface area contributed by atoms with Gasteiger partial charge in [-0.1, -0.05) is 55.0 Å². The monoisotopic (exact) mass is 847 g/mol. The summed E-state index contributed by atoms with van der Waals surface area (Å²) in [5, 5.41) is 21.8. The van der Waals surface area contributed by atoms with E-state index in [0.29, 0.717) is 17.2 Å². The molecule has 0 N–H and O–H groups in total. The maximum absolute atomic E-state index is 11.8. The topological polar surface area (TPSA) is 276 Å². The molecule has 0 atom stereocenters. The summed E-state index contributed by atoms with van der Waals surface area (Å²) in [5.41, 5.74) is -0.522. The fraction of sp³-hybridized carbons (Fsp3) is 0.270. The maximum Gasteiger partial charge on any atom is 0.374 e. The van der Waals surface area contributed by atoms with Crippen LogP contribution >= 0.6 is 0 Å². The van der Waals surface area contributed by atoms with E-state index in [9.17, 15) is 28.8 Å². The van der Waals surface area contributed by atoms with Crippen LogP contribution in [0, 0.1) is 0 Å². The summed E-state index contributed by atoms with van der Waals surface area (Å²) in [5.74, 6) is -1.41. The molecule has 0 bridgehead atoms. The molecule has 6 aromatic heterocycles. The van der Waals surface area contributed by atoms with Crippen molar-refractivity contribution < 1.29 is 28.6 Å². The Hall–Kier alpha value is -8.31. The van der Waals surface area contributed by atoms with Crippen molar-refractivity contribution in [3.05, 3.63) is 123 Å². The molecule has 6 aromatic rings. The van der Waals surface area contributed by atoms with Crippen molar-refractivity contribution in [1.82, 2.24) is 74.3 Å². The molecule has 0 fully saturated rings. The number of rotatable bonds is 9. The van der Waals surface area contributed by atoms with Crippen molar-refractivity contribution in [1.29, 1.82) is 0 Å². The Morgan fingerprint density at radius 3 is 1.31 bits per heavy atom. The summed E-state index contributed by atoms with van der Waals surface area (Å²) in [6.45, 7) is 12.0. The van der Waals surface area contributed by atoms with Crippen LogP contribution in [-0.4, -0.2) is 114 Å². The highest BCUT2D eigenvalue weighted by Gasteiger charge is 2.09. The molecule has 0 saturated carbocycles. The van der Waals surface area contributed by atoms with E-state index < -0.39 is 35.0 Å². The van der Waals surface area contributed by atoms with E-state index in [2.05, 4.69) is 60.4 Å². The summed E-state index contributed by atoms with van der Waals surface area (Å²) >= 11 is 0. The molecular weight excluding hydrogens is 799 g/mol. The van der Waals surface area contributed by atoms with E-state index in [-0.39, 0.29) is 7.43 Å². The first kappa shape index (κ1) is 52.7. The number of tetrazole rings is 3. The minimum atomic E-state index is -0.589. The Bertz CT molecular complexity index is 2160. The van der Waals surface area contributed by atoms with Gasteiger partial charge in [-0.15, -0.1) is 4.68 Å². The van der Waals surface area contributed by atoms with Gasteiger partial charge in [-0.2, -0.15) is 23.4 Å². The third-order valence-electron chi connectivity index (χ3n) is 6.13. The third kappa shape index (κ3) is 16.6. The molecule has 6 heterocycles. The van der Waals surface area contributed by atoms with E-state index in [1.54, 1.807) is 48.7 Å². The number of aromatic nitrogens is 15. The van der Waals surface area contributed by atoms with Crippen LogP contribution in [0.5, 0.6) is 0 Å². The molecule has 24 nitrogen and oxygen atoms in total. The van der Waals surface area contributed by atoms with Gasteiger partial charge in [0.1, 0.15) is 0 Å². The summed E-state index contributed by atoms with van der Waals surface area (Å²) in [7, 11) is 3.71. The van der Waals surface area contributed by atoms with Crippen LogP contribution in [0.4, 0.5) is 0 Å². The highest BCUT2D eigenvalue weighted by molar-refractivity contribution is 5.85. The number of hydrogen-bond donors (Lipinski definition) is 0. The van der Waals surface area contributed by atoms with Gasteiger partial charge in [-0.05, 0) is 67.7 Å². The predicted molar refractivity (Wildman–Crippen MR) is 223 cm³/mol. The van der Waals surface area contributed by atoms with E-state index in [1.807, 2.05) is 41.5 Å². The van der Waals surface area contributed by atoms with Crippen LogP contribution in [0.1, 0.15) is 49.0 Å². The maximum atomic E-state index is 11.8. The Balaban J connectivity index is 0.000000826. The molecule has 24 heteroatoms. The van der Waals surface area contributed by atoms with E-state index in [4.69, 9.17) is 0 Å². The van der Waals surface area contributed by atoms with Gasteiger partial charge in [-0.3, -0.25) is 9.97 Å². The van der Waals surface area contributed by atoms with Crippen LogP contribution in [0.25, 0.3) is 35.8 Å². The molecule has 326 valence electrons. The van der Waals surface area contributed by atoms with E-state index in [0.717, 1.165) is 46.3 Å². The lowest BCUT2D eigenvalue weighted by Crippen LogP contribution is -2.22. The number of nitrogens with zero attached hydrogens (tertiary/aromatic N) is 15. The fourth-order valence-electron chi connectivity index (χ4n) is 3.56. The lowest BCUT2D eigenvalue weighted by atomic mass is 10.4. The van der Waals surface area contributed by atoms with Crippen molar-refractivity contribution in [2.75, 3.05) is 21.3 Å². The highest BCUT2D eigenvalue weighted by atomic mass is 16.5. The van der Waals surface area contributed by atoms with Gasteiger partial charge >= 0.3 is 35.0 Å². The number of methoxy groups -OCH3 is 3. The van der Waals surface area contributed by atoms with E-state index in [1.165, 1.54) is 64.7 Å². The minimum absolute atomic E-state index is 0. The van der Waals surface area contributed by atoms with Gasteiger partial charge < -0.3 is 14.2 Å². The standard InChI is InChI=1S/3C10H9N5O3.3C2H6.CH4/c1-18-9(16)4-7-14-10(17)15(13-12-14)8-2-5-11-6-3-8;1-18-9(16)4-6-14-10(17)15(13-12-14)8-3-2-5-11-7-8;1-18-9(16)5-7-14-10(17)15(13-12-14)8-4-2-3-6-11-8;3*1-2;/h3*2-7H,1H3;3*1-2H3;1H4/b7-4+;6-4+;7-5+;;;;. The molecule has 0 aliphatic carbocycles. The van der Waals surface area contributed by atoms with Gasteiger partial charge in [0.05, 0.1) is 38.9 Å². The van der Waals surface area contributed by atoms with Gasteiger partial charge in [0.15, 0.2) is 5.82 Å². The fourth-order valence-corrected chi connectivity index (χ4v) is 3.56. The van der Waals surface area contributed by atoms with Crippen LogP contribution < -0.4 is 17.1 Å². The highest BCUT2D eigenvalue weighted by Crippen LogP contribution is 2.00. The van der Waals surface area contributed by atoms with E-state index >= 15 is 0 Å². The Labute approximate surface area is 349 Å². The second-order valence-electron chi connectivity index (χ2n) is 9.47. The second kappa shape index (κ2) is 29.9. The number of hydrogen-bond acceptors (Lipinski definition) is 18. The average Bonchev–Trinajstić information content (AvgIpc) is 4.01. The second-order valence-corrected chi connectivity index (χ2v) is 9.47. The summed E-state index contributed by atoms with van der Waals surface area (Å²) in [6, 6.07) is 11.6. The quantitative estimate of drug-likeness (QED) is 0.114. The molecule has 6 rings (SSSR count). The Morgan fingerprint density at radius 2 is 0.918 bits per heavy atom. The van der Waals surface area contributed by atoms with Gasteiger partial charge in [0, 0.05) is 61.6 Å². The zero-order valence-corrected chi connectivity index (χ0v) is 34.3. The Kier molecular flexibility index (Phi) is 25.8. The number of carbonyl (C=O) groups excluding carboxylic acids is 3. The van der Waals surface area contributed by atoms with Crippen molar-refractivity contribution in [2.24, 2.45) is 0 Å². The number of carbonyl (C=O) groups is 3. The Morgan fingerprint density at radius 1 is 0.492 bits per heavy atom. The van der Waals surface area contributed by atoms with Crippen LogP contribution in [-0.2, 0) is 28.6 Å². The molecule has 0 aliphatic heterocycles. The lowest BCUT2D eigenvalue weighted by Gasteiger charge is -1.94. The normalized spacial score (nSPS) is 9.79. The molecule has 0 aromatic carbocycles. The summed E-state index contributed by atoms with van der Waals surface area (Å²) < 4.78 is 19.1. The zero-order valence-electron chi connectivity index (χ0n) is 34.3. The molecule has 0 spiro atoms. The zero-order chi connectivity index (χ0) is 44.9. The molecule has 0 radical (unpaired) electrons. The SMILES string of the molecule is C.CC.CC.CC.COC(=O)/C=C/n1nnn(-c2ccccn2)c1=O.COC(=O)/C=C/n1nnn(-c2cccnc2)c1=O.COC(=O)/C=C/n1nnn(-c2ccncc2)c1=O. The van der Waals surface area contributed by atoms with Crippen molar-refractivity contribution in [2.45, 2.75) is 49.0 Å². The molecule has 0 saturated heterocycles. The van der Waals surface area contributed by atoms with Crippen molar-refractivity contribution in [3.63, 3.8) is 0 Å². The first-order valence-electron chi connectivity index (χ1n) is 17.8. The number of pyridine rings is 3. The molecule has 0 aliphatic rings. The first-order chi connectivity index (χ1) is 29.2. The molecular formula is C37H49N15O9. The molecule has 61 heavy (non-hydrogen) atoms. The predicted octanol–water partition coefficient (Wildman–Crippen LogP) is 2.12. The lowest BCUT2D eigenvalue weighted by molar-refractivity contribution is -0.135. The van der Waals surface area contributed by atoms with Crippen molar-refractivity contribution >= 4 is 36.5 Å².